The lowest BCUT2D eigenvalue weighted by atomic mass is 10.2. The Labute approximate surface area is 198 Å². The van der Waals surface area contributed by atoms with Crippen LogP contribution in [0.5, 0.6) is 5.75 Å². The molecule has 10 nitrogen and oxygen atoms in total. The van der Waals surface area contributed by atoms with Crippen LogP contribution in [0.15, 0.2) is 41.3 Å². The van der Waals surface area contributed by atoms with Gasteiger partial charge >= 0.3 is 0 Å². The van der Waals surface area contributed by atoms with Crippen LogP contribution in [0.2, 0.25) is 0 Å². The van der Waals surface area contributed by atoms with Crippen molar-refractivity contribution in [3.8, 4) is 5.75 Å². The first-order valence-electron chi connectivity index (χ1n) is 11.0. The summed E-state index contributed by atoms with van der Waals surface area (Å²) < 4.78 is 34.3. The lowest BCUT2D eigenvalue weighted by Crippen LogP contribution is -2.30. The molecule has 0 saturated heterocycles. The first-order valence-corrected chi connectivity index (χ1v) is 12.5. The predicted octanol–water partition coefficient (Wildman–Crippen LogP) is 2.51. The Balaban J connectivity index is 1.46. The molecule has 11 heteroatoms. The third-order valence-electron chi connectivity index (χ3n) is 5.76. The summed E-state index contributed by atoms with van der Waals surface area (Å²) in [7, 11) is -1.74. The lowest BCUT2D eigenvalue weighted by Gasteiger charge is -2.18. The van der Waals surface area contributed by atoms with Crippen LogP contribution < -0.4 is 15.4 Å². The SMILES string of the molecule is CCN(CC)S(=O)(=O)c1ccc2c(c1)nc(CCC(=O)Nc1ccc3c(c1)NC(=O)CO3)n2C. The van der Waals surface area contributed by atoms with Crippen molar-refractivity contribution in [2.75, 3.05) is 30.3 Å². The second kappa shape index (κ2) is 9.43. The highest BCUT2D eigenvalue weighted by Gasteiger charge is 2.23. The molecule has 0 fully saturated rings. The van der Waals surface area contributed by atoms with Gasteiger partial charge in [0.2, 0.25) is 15.9 Å². The van der Waals surface area contributed by atoms with E-state index in [2.05, 4.69) is 15.6 Å². The minimum atomic E-state index is -3.58. The number of aromatic nitrogens is 2. The third-order valence-corrected chi connectivity index (χ3v) is 7.81. The van der Waals surface area contributed by atoms with Crippen molar-refractivity contribution in [3.63, 3.8) is 0 Å². The number of hydrogen-bond donors (Lipinski definition) is 2. The molecule has 180 valence electrons. The van der Waals surface area contributed by atoms with Crippen LogP contribution in [0, 0.1) is 0 Å². The third kappa shape index (κ3) is 4.62. The van der Waals surface area contributed by atoms with E-state index in [9.17, 15) is 18.0 Å². The second-order valence-corrected chi connectivity index (χ2v) is 9.86. The number of carbonyl (C=O) groups is 2. The standard InChI is InChI=1S/C23H27N5O5S/c1-4-28(5-2)34(31,32)16-7-8-19-17(13-16)25-21(27(19)3)10-11-22(29)24-15-6-9-20-18(12-15)26-23(30)14-33-20/h6-9,12-13H,4-5,10-11,14H2,1-3H3,(H,24,29)(H,26,30). The fourth-order valence-electron chi connectivity index (χ4n) is 3.94. The van der Waals surface area contributed by atoms with Gasteiger partial charge in [0.05, 0.1) is 21.6 Å². The van der Waals surface area contributed by atoms with E-state index in [1.807, 2.05) is 11.6 Å². The molecule has 2 N–H and O–H groups in total. The molecular weight excluding hydrogens is 458 g/mol. The van der Waals surface area contributed by atoms with Gasteiger partial charge in [0.25, 0.3) is 5.91 Å². The van der Waals surface area contributed by atoms with Crippen molar-refractivity contribution in [1.29, 1.82) is 0 Å². The number of nitrogens with one attached hydrogen (secondary N) is 2. The van der Waals surface area contributed by atoms with Gasteiger partial charge in [-0.3, -0.25) is 9.59 Å². The molecule has 0 bridgehead atoms. The summed E-state index contributed by atoms with van der Waals surface area (Å²) in [5.74, 6) is 0.777. The zero-order chi connectivity index (χ0) is 24.5. The highest BCUT2D eigenvalue weighted by molar-refractivity contribution is 7.89. The molecule has 0 spiro atoms. The number of amides is 2. The van der Waals surface area contributed by atoms with Crippen molar-refractivity contribution in [1.82, 2.24) is 13.9 Å². The van der Waals surface area contributed by atoms with Crippen molar-refractivity contribution in [2.45, 2.75) is 31.6 Å². The molecule has 0 aliphatic carbocycles. The van der Waals surface area contributed by atoms with E-state index in [-0.39, 0.29) is 29.7 Å². The first-order chi connectivity index (χ1) is 16.2. The largest absolute Gasteiger partial charge is 0.482 e. The number of rotatable bonds is 8. The fraction of sp³-hybridized carbons (Fsp3) is 0.348. The topological polar surface area (TPSA) is 123 Å². The summed E-state index contributed by atoms with van der Waals surface area (Å²) >= 11 is 0. The van der Waals surface area contributed by atoms with Gasteiger partial charge in [-0.05, 0) is 36.4 Å². The van der Waals surface area contributed by atoms with E-state index in [1.54, 1.807) is 50.2 Å². The Bertz CT molecular complexity index is 1360. The highest BCUT2D eigenvalue weighted by atomic mass is 32.2. The van der Waals surface area contributed by atoms with Crippen LogP contribution in [0.3, 0.4) is 0 Å². The number of imidazole rings is 1. The lowest BCUT2D eigenvalue weighted by molar-refractivity contribution is -0.118. The van der Waals surface area contributed by atoms with Crippen LogP contribution in [0.1, 0.15) is 26.1 Å². The zero-order valence-electron chi connectivity index (χ0n) is 19.3. The van der Waals surface area contributed by atoms with Crippen molar-refractivity contribution < 1.29 is 22.7 Å². The van der Waals surface area contributed by atoms with Crippen LogP contribution in [0.4, 0.5) is 11.4 Å². The van der Waals surface area contributed by atoms with Crippen LogP contribution >= 0.6 is 0 Å². The Morgan fingerprint density at radius 3 is 2.71 bits per heavy atom. The van der Waals surface area contributed by atoms with Gasteiger partial charge in [-0.2, -0.15) is 4.31 Å². The van der Waals surface area contributed by atoms with E-state index in [0.29, 0.717) is 48.0 Å². The normalized spacial score (nSPS) is 13.5. The Kier molecular flexibility index (Phi) is 6.58. The van der Waals surface area contributed by atoms with Gasteiger partial charge in [-0.1, -0.05) is 13.8 Å². The van der Waals surface area contributed by atoms with Crippen LogP contribution in [-0.2, 0) is 33.1 Å². The van der Waals surface area contributed by atoms with Gasteiger partial charge in [-0.15, -0.1) is 0 Å². The maximum atomic E-state index is 12.8. The zero-order valence-corrected chi connectivity index (χ0v) is 20.1. The summed E-state index contributed by atoms with van der Waals surface area (Å²) in [5.41, 5.74) is 2.42. The maximum Gasteiger partial charge on any atom is 0.262 e. The molecule has 1 aromatic heterocycles. The number of fused-ring (bicyclic) bond motifs is 2. The fourth-order valence-corrected chi connectivity index (χ4v) is 5.41. The average molecular weight is 486 g/mol. The van der Waals surface area contributed by atoms with Crippen LogP contribution in [0.25, 0.3) is 11.0 Å². The average Bonchev–Trinajstić information content (AvgIpc) is 3.13. The number of ether oxygens (including phenoxy) is 1. The second-order valence-electron chi connectivity index (χ2n) is 7.92. The highest BCUT2D eigenvalue weighted by Crippen LogP contribution is 2.30. The van der Waals surface area contributed by atoms with Crippen molar-refractivity contribution in [3.05, 3.63) is 42.2 Å². The molecule has 4 rings (SSSR count). The smallest absolute Gasteiger partial charge is 0.262 e. The summed E-state index contributed by atoms with van der Waals surface area (Å²) in [6.45, 7) is 4.36. The van der Waals surface area contributed by atoms with E-state index in [0.717, 1.165) is 5.52 Å². The quantitative estimate of drug-likeness (QED) is 0.506. The first kappa shape index (κ1) is 23.7. The molecule has 2 amide bonds. The number of carbonyl (C=O) groups excluding carboxylic acids is 2. The molecule has 2 heterocycles. The van der Waals surface area contributed by atoms with E-state index >= 15 is 0 Å². The van der Waals surface area contributed by atoms with Gasteiger partial charge < -0.3 is 19.9 Å². The minimum absolute atomic E-state index is 0.0282. The monoisotopic (exact) mass is 485 g/mol. The number of anilines is 2. The predicted molar refractivity (Wildman–Crippen MR) is 128 cm³/mol. The summed E-state index contributed by atoms with van der Waals surface area (Å²) in [6.07, 6.45) is 0.557. The van der Waals surface area contributed by atoms with Crippen molar-refractivity contribution >= 4 is 44.2 Å². The number of hydrogen-bond acceptors (Lipinski definition) is 6. The number of benzene rings is 2. The van der Waals surface area contributed by atoms with Crippen molar-refractivity contribution in [2.24, 2.45) is 7.05 Å². The van der Waals surface area contributed by atoms with Crippen LogP contribution in [-0.4, -0.2) is 53.8 Å². The Hall–Kier alpha value is -3.44. The molecule has 1 aliphatic heterocycles. The summed E-state index contributed by atoms with van der Waals surface area (Å²) in [6, 6.07) is 9.96. The summed E-state index contributed by atoms with van der Waals surface area (Å²) in [4.78, 5) is 28.8. The number of aryl methyl sites for hydroxylation is 2. The van der Waals surface area contributed by atoms with E-state index < -0.39 is 10.0 Å². The molecule has 1 aliphatic rings. The molecule has 0 atom stereocenters. The molecular formula is C23H27N5O5S. The van der Waals surface area contributed by atoms with E-state index in [1.165, 1.54) is 4.31 Å². The maximum absolute atomic E-state index is 12.8. The molecule has 3 aromatic rings. The molecule has 2 aromatic carbocycles. The number of nitrogens with zero attached hydrogens (tertiary/aromatic N) is 3. The van der Waals surface area contributed by atoms with E-state index in [4.69, 9.17) is 4.74 Å². The van der Waals surface area contributed by atoms with Gasteiger partial charge in [0, 0.05) is 38.7 Å². The van der Waals surface area contributed by atoms with Gasteiger partial charge in [0.1, 0.15) is 11.6 Å². The van der Waals surface area contributed by atoms with Gasteiger partial charge in [0.15, 0.2) is 6.61 Å². The summed E-state index contributed by atoms with van der Waals surface area (Å²) in [5, 5.41) is 5.53. The Morgan fingerprint density at radius 2 is 1.97 bits per heavy atom. The van der Waals surface area contributed by atoms with Gasteiger partial charge in [-0.25, -0.2) is 13.4 Å². The molecule has 0 radical (unpaired) electrons. The minimum Gasteiger partial charge on any atom is -0.482 e. The molecule has 0 saturated carbocycles. The number of sulfonamides is 1. The molecule has 34 heavy (non-hydrogen) atoms. The molecule has 0 unspecified atom stereocenters. The Morgan fingerprint density at radius 1 is 1.21 bits per heavy atom.